The van der Waals surface area contributed by atoms with E-state index in [0.717, 1.165) is 34.4 Å². The number of hydrogen-bond donors (Lipinski definition) is 0. The molecule has 19 heavy (non-hydrogen) atoms. The van der Waals surface area contributed by atoms with E-state index in [0.29, 0.717) is 6.42 Å². The number of aromatic nitrogens is 2. The first-order valence-electron chi connectivity index (χ1n) is 6.41. The molecule has 0 aliphatic carbocycles. The van der Waals surface area contributed by atoms with E-state index < -0.39 is 0 Å². The van der Waals surface area contributed by atoms with Gasteiger partial charge in [0.05, 0.1) is 6.42 Å². The van der Waals surface area contributed by atoms with Crippen molar-refractivity contribution in [3.63, 3.8) is 0 Å². The van der Waals surface area contributed by atoms with Crippen molar-refractivity contribution in [2.24, 2.45) is 0 Å². The van der Waals surface area contributed by atoms with E-state index in [1.54, 1.807) is 6.20 Å². The van der Waals surface area contributed by atoms with Crippen molar-refractivity contribution < 1.29 is 4.79 Å². The number of carbonyl (C=O) groups excluding carboxylic acids is 1. The molecule has 2 aromatic rings. The summed E-state index contributed by atoms with van der Waals surface area (Å²) < 4.78 is 2.98. The Kier molecular flexibility index (Phi) is 4.53. The van der Waals surface area contributed by atoms with Crippen LogP contribution in [0.1, 0.15) is 35.1 Å². The number of hydrogen-bond acceptors (Lipinski definition) is 2. The highest BCUT2D eigenvalue weighted by molar-refractivity contribution is 9.10. The predicted octanol–water partition coefficient (Wildman–Crippen LogP) is 3.79. The molecule has 0 unspecified atom stereocenters. The molecule has 0 spiro atoms. The van der Waals surface area contributed by atoms with Crippen LogP contribution in [0.2, 0.25) is 0 Å². The van der Waals surface area contributed by atoms with E-state index in [9.17, 15) is 4.79 Å². The van der Waals surface area contributed by atoms with E-state index in [4.69, 9.17) is 0 Å². The largest absolute Gasteiger partial charge is 0.335 e. The molecule has 0 aliphatic heterocycles. The normalized spacial score (nSPS) is 10.7. The highest BCUT2D eigenvalue weighted by Crippen LogP contribution is 2.18. The van der Waals surface area contributed by atoms with Crippen molar-refractivity contribution in [1.29, 1.82) is 0 Å². The van der Waals surface area contributed by atoms with Gasteiger partial charge in [0.25, 0.3) is 0 Å². The molecule has 0 aliphatic rings. The second-order valence-corrected chi connectivity index (χ2v) is 5.51. The second kappa shape index (κ2) is 6.15. The number of imidazole rings is 1. The quantitative estimate of drug-likeness (QED) is 0.785. The first-order valence-corrected chi connectivity index (χ1v) is 7.20. The van der Waals surface area contributed by atoms with Crippen molar-refractivity contribution in [2.75, 3.05) is 0 Å². The van der Waals surface area contributed by atoms with Crippen LogP contribution in [-0.4, -0.2) is 15.3 Å². The first-order chi connectivity index (χ1) is 9.11. The summed E-state index contributed by atoms with van der Waals surface area (Å²) in [6, 6.07) is 5.78. The van der Waals surface area contributed by atoms with Gasteiger partial charge in [0, 0.05) is 29.0 Å². The summed E-state index contributed by atoms with van der Waals surface area (Å²) in [4.78, 5) is 16.7. The maximum atomic E-state index is 12.4. The zero-order valence-corrected chi connectivity index (χ0v) is 12.8. The zero-order chi connectivity index (χ0) is 13.8. The maximum absolute atomic E-state index is 12.4. The Bertz CT molecular complexity index is 590. The van der Waals surface area contributed by atoms with Crippen molar-refractivity contribution >= 4 is 21.7 Å². The fraction of sp³-hybridized carbons (Fsp3) is 0.333. The molecule has 0 radical (unpaired) electrons. The average Bonchev–Trinajstić information content (AvgIpc) is 2.80. The highest BCUT2D eigenvalue weighted by atomic mass is 79.9. The number of nitrogens with zero attached hydrogens (tertiary/aromatic N) is 2. The third kappa shape index (κ3) is 3.32. The minimum absolute atomic E-state index is 0.113. The number of benzene rings is 1. The summed E-state index contributed by atoms with van der Waals surface area (Å²) in [5.74, 6) is 0.952. The van der Waals surface area contributed by atoms with Crippen molar-refractivity contribution in [1.82, 2.24) is 9.55 Å². The maximum Gasteiger partial charge on any atom is 0.170 e. The number of carbonyl (C=O) groups is 1. The molecule has 0 atom stereocenters. The molecule has 0 bridgehead atoms. The van der Waals surface area contributed by atoms with Crippen LogP contribution in [0.5, 0.6) is 0 Å². The van der Waals surface area contributed by atoms with Crippen molar-refractivity contribution in [3.8, 4) is 0 Å². The van der Waals surface area contributed by atoms with Crippen molar-refractivity contribution in [3.05, 3.63) is 52.0 Å². The summed E-state index contributed by atoms with van der Waals surface area (Å²) in [6.07, 6.45) is 5.07. The van der Waals surface area contributed by atoms with Crippen LogP contribution in [0.3, 0.4) is 0 Å². The number of halogens is 1. The molecule has 1 aromatic heterocycles. The molecule has 0 saturated heterocycles. The van der Waals surface area contributed by atoms with E-state index in [1.807, 2.05) is 35.9 Å². The molecular formula is C15H17BrN2O. The molecule has 0 amide bonds. The molecule has 1 heterocycles. The highest BCUT2D eigenvalue weighted by Gasteiger charge is 2.13. The van der Waals surface area contributed by atoms with Gasteiger partial charge < -0.3 is 4.57 Å². The summed E-state index contributed by atoms with van der Waals surface area (Å²) in [5, 5.41) is 0. The minimum atomic E-state index is 0.113. The van der Waals surface area contributed by atoms with Crippen LogP contribution in [0.4, 0.5) is 0 Å². The molecule has 0 N–H and O–H groups in total. The smallest absolute Gasteiger partial charge is 0.170 e. The van der Waals surface area contributed by atoms with E-state index in [1.165, 1.54) is 0 Å². The molecule has 0 saturated carbocycles. The van der Waals surface area contributed by atoms with Crippen molar-refractivity contribution in [2.45, 2.75) is 33.2 Å². The van der Waals surface area contributed by atoms with Gasteiger partial charge in [-0.2, -0.15) is 0 Å². The Labute approximate surface area is 121 Å². The third-order valence-corrected chi connectivity index (χ3v) is 3.58. The third-order valence-electron chi connectivity index (χ3n) is 3.08. The lowest BCUT2D eigenvalue weighted by Gasteiger charge is -2.08. The van der Waals surface area contributed by atoms with Gasteiger partial charge >= 0.3 is 0 Å². The molecule has 1 aromatic carbocycles. The molecule has 3 nitrogen and oxygen atoms in total. The Morgan fingerprint density at radius 3 is 2.95 bits per heavy atom. The van der Waals surface area contributed by atoms with Crippen LogP contribution < -0.4 is 0 Å². The van der Waals surface area contributed by atoms with Gasteiger partial charge in [0.2, 0.25) is 0 Å². The van der Waals surface area contributed by atoms with E-state index in [-0.39, 0.29) is 5.78 Å². The monoisotopic (exact) mass is 320 g/mol. The number of rotatable bonds is 5. The van der Waals surface area contributed by atoms with Gasteiger partial charge in [-0.05, 0) is 31.0 Å². The molecule has 0 fully saturated rings. The summed E-state index contributed by atoms with van der Waals surface area (Å²) in [5.41, 5.74) is 1.77. The van der Waals surface area contributed by atoms with E-state index >= 15 is 0 Å². The number of ketones is 1. The predicted molar refractivity (Wildman–Crippen MR) is 79.4 cm³/mol. The molecular weight excluding hydrogens is 304 g/mol. The summed E-state index contributed by atoms with van der Waals surface area (Å²) in [6.45, 7) is 4.97. The lowest BCUT2D eigenvalue weighted by atomic mass is 10.0. The number of aryl methyl sites for hydroxylation is 2. The van der Waals surface area contributed by atoms with Gasteiger partial charge in [0.15, 0.2) is 5.78 Å². The first kappa shape index (κ1) is 14.0. The fourth-order valence-corrected chi connectivity index (χ4v) is 2.45. The van der Waals surface area contributed by atoms with Crippen LogP contribution in [0, 0.1) is 6.92 Å². The Balaban J connectivity index is 2.21. The molecule has 2 rings (SSSR count). The van der Waals surface area contributed by atoms with Crippen LogP contribution in [0.25, 0.3) is 0 Å². The van der Waals surface area contributed by atoms with Crippen LogP contribution in [0.15, 0.2) is 35.1 Å². The van der Waals surface area contributed by atoms with Gasteiger partial charge in [0.1, 0.15) is 5.82 Å². The van der Waals surface area contributed by atoms with Crippen LogP contribution in [-0.2, 0) is 13.0 Å². The molecule has 100 valence electrons. The average molecular weight is 321 g/mol. The lowest BCUT2D eigenvalue weighted by molar-refractivity contribution is 0.0989. The molecule has 4 heteroatoms. The zero-order valence-electron chi connectivity index (χ0n) is 11.2. The SMILES string of the molecule is CCCn1ccnc1CC(=O)c1cc(Br)ccc1C. The minimum Gasteiger partial charge on any atom is -0.335 e. The van der Waals surface area contributed by atoms with Gasteiger partial charge in [-0.25, -0.2) is 4.98 Å². The van der Waals surface area contributed by atoms with Gasteiger partial charge in [-0.15, -0.1) is 0 Å². The summed E-state index contributed by atoms with van der Waals surface area (Å²) in [7, 11) is 0. The Morgan fingerprint density at radius 2 is 2.21 bits per heavy atom. The lowest BCUT2D eigenvalue weighted by Crippen LogP contribution is -2.11. The van der Waals surface area contributed by atoms with E-state index in [2.05, 4.69) is 27.8 Å². The second-order valence-electron chi connectivity index (χ2n) is 4.60. The van der Waals surface area contributed by atoms with Crippen LogP contribution >= 0.6 is 15.9 Å². The van der Waals surface area contributed by atoms with Gasteiger partial charge in [-0.1, -0.05) is 28.9 Å². The standard InChI is InChI=1S/C15H17BrN2O/c1-3-7-18-8-6-17-15(18)10-14(19)13-9-12(16)5-4-11(13)2/h4-6,8-9H,3,7,10H2,1-2H3. The Morgan fingerprint density at radius 1 is 1.42 bits per heavy atom. The Hall–Kier alpha value is -1.42. The number of Topliss-reactive ketones (excluding diaryl/α,β-unsaturated/α-hetero) is 1. The summed E-state index contributed by atoms with van der Waals surface area (Å²) >= 11 is 3.41. The van der Waals surface area contributed by atoms with Gasteiger partial charge in [-0.3, -0.25) is 4.79 Å². The topological polar surface area (TPSA) is 34.9 Å². The fourth-order valence-electron chi connectivity index (χ4n) is 2.09.